The lowest BCUT2D eigenvalue weighted by Gasteiger charge is -2.21. The first-order chi connectivity index (χ1) is 9.52. The third-order valence-corrected chi connectivity index (χ3v) is 4.12. The van der Waals surface area contributed by atoms with Crippen molar-refractivity contribution in [2.75, 3.05) is 24.6 Å². The van der Waals surface area contributed by atoms with Gasteiger partial charge >= 0.3 is 0 Å². The summed E-state index contributed by atoms with van der Waals surface area (Å²) in [5.74, 6) is 1.86. The van der Waals surface area contributed by atoms with Crippen molar-refractivity contribution in [2.45, 2.75) is 46.2 Å². The van der Waals surface area contributed by atoms with E-state index in [1.54, 1.807) is 0 Å². The molecule has 0 aromatic carbocycles. The van der Waals surface area contributed by atoms with Crippen LogP contribution in [0.2, 0.25) is 0 Å². The molecule has 1 aromatic rings. The monoisotopic (exact) mass is 280 g/mol. The third kappa shape index (κ3) is 3.33. The molecule has 1 fully saturated rings. The quantitative estimate of drug-likeness (QED) is 0.828. The van der Waals surface area contributed by atoms with Gasteiger partial charge in [0.15, 0.2) is 0 Å². The highest BCUT2D eigenvalue weighted by atomic mass is 16.3. The Kier molecular flexibility index (Phi) is 5.05. The Morgan fingerprint density at radius 3 is 2.85 bits per heavy atom. The van der Waals surface area contributed by atoms with E-state index in [9.17, 15) is 0 Å². The van der Waals surface area contributed by atoms with Crippen LogP contribution in [0.25, 0.3) is 0 Å². The van der Waals surface area contributed by atoms with Crippen LogP contribution in [0.4, 0.5) is 5.82 Å². The lowest BCUT2D eigenvalue weighted by atomic mass is 10.1. The van der Waals surface area contributed by atoms with Crippen molar-refractivity contribution < 1.29 is 5.11 Å². The van der Waals surface area contributed by atoms with Crippen molar-refractivity contribution in [1.82, 2.24) is 15.1 Å². The van der Waals surface area contributed by atoms with E-state index >= 15 is 0 Å². The van der Waals surface area contributed by atoms with Crippen LogP contribution in [0, 0.1) is 12.8 Å². The molecule has 1 aliphatic rings. The molecule has 1 unspecified atom stereocenters. The van der Waals surface area contributed by atoms with Crippen LogP contribution in [0.3, 0.4) is 0 Å². The van der Waals surface area contributed by atoms with E-state index in [2.05, 4.69) is 36.1 Å². The maximum Gasteiger partial charge on any atom is 0.131 e. The number of rotatable bonds is 6. The first-order valence-corrected chi connectivity index (χ1v) is 7.64. The van der Waals surface area contributed by atoms with Crippen LogP contribution < -0.4 is 10.2 Å². The number of aliphatic hydroxyl groups is 1. The summed E-state index contributed by atoms with van der Waals surface area (Å²) < 4.78 is 2.01. The zero-order valence-corrected chi connectivity index (χ0v) is 13.2. The minimum atomic E-state index is 0.296. The van der Waals surface area contributed by atoms with Crippen molar-refractivity contribution in [3.8, 4) is 0 Å². The standard InChI is InChI=1S/C15H28N4O/c1-11(2)16-9-14-12(3)17-18(4)15(14)19-7-5-13(10-19)6-8-20/h11,13,16,20H,5-10H2,1-4H3. The smallest absolute Gasteiger partial charge is 0.131 e. The molecule has 0 bridgehead atoms. The van der Waals surface area contributed by atoms with Gasteiger partial charge in [0.25, 0.3) is 0 Å². The van der Waals surface area contributed by atoms with Gasteiger partial charge in [-0.1, -0.05) is 13.8 Å². The molecule has 20 heavy (non-hydrogen) atoms. The van der Waals surface area contributed by atoms with Crippen LogP contribution in [0.15, 0.2) is 0 Å². The van der Waals surface area contributed by atoms with Gasteiger partial charge < -0.3 is 15.3 Å². The van der Waals surface area contributed by atoms with Crippen LogP contribution in [0.5, 0.6) is 0 Å². The second-order valence-corrected chi connectivity index (χ2v) is 6.16. The lowest BCUT2D eigenvalue weighted by Crippen LogP contribution is -2.27. The fourth-order valence-electron chi connectivity index (χ4n) is 3.04. The Morgan fingerprint density at radius 2 is 2.20 bits per heavy atom. The van der Waals surface area contributed by atoms with Crippen molar-refractivity contribution in [2.24, 2.45) is 13.0 Å². The second kappa shape index (κ2) is 6.59. The SMILES string of the molecule is Cc1nn(C)c(N2CCC(CCO)C2)c1CNC(C)C. The van der Waals surface area contributed by atoms with Crippen molar-refractivity contribution >= 4 is 5.82 Å². The molecule has 2 rings (SSSR count). The zero-order chi connectivity index (χ0) is 14.7. The molecule has 0 spiro atoms. The lowest BCUT2D eigenvalue weighted by molar-refractivity contribution is 0.263. The summed E-state index contributed by atoms with van der Waals surface area (Å²) in [4.78, 5) is 2.43. The van der Waals surface area contributed by atoms with E-state index in [0.29, 0.717) is 18.6 Å². The number of aryl methyl sites for hydroxylation is 2. The third-order valence-electron chi connectivity index (χ3n) is 4.12. The molecule has 1 aliphatic heterocycles. The van der Waals surface area contributed by atoms with Gasteiger partial charge in [-0.15, -0.1) is 0 Å². The number of hydrogen-bond donors (Lipinski definition) is 2. The highest BCUT2D eigenvalue weighted by molar-refractivity contribution is 5.51. The van der Waals surface area contributed by atoms with Crippen LogP contribution in [0.1, 0.15) is 37.9 Å². The maximum absolute atomic E-state index is 9.10. The van der Waals surface area contributed by atoms with Gasteiger partial charge in [-0.25, -0.2) is 0 Å². The molecule has 2 N–H and O–H groups in total. The molecule has 1 saturated heterocycles. The molecule has 1 atom stereocenters. The molecule has 0 aliphatic carbocycles. The number of aliphatic hydroxyl groups excluding tert-OH is 1. The van der Waals surface area contributed by atoms with Gasteiger partial charge in [-0.05, 0) is 25.7 Å². The molecule has 0 radical (unpaired) electrons. The van der Waals surface area contributed by atoms with E-state index in [4.69, 9.17) is 5.11 Å². The number of aromatic nitrogens is 2. The fraction of sp³-hybridized carbons (Fsp3) is 0.800. The molecule has 0 amide bonds. The van der Waals surface area contributed by atoms with Gasteiger partial charge in [0.05, 0.1) is 5.69 Å². The molecular weight excluding hydrogens is 252 g/mol. The van der Waals surface area contributed by atoms with E-state index in [1.807, 2.05) is 11.7 Å². The van der Waals surface area contributed by atoms with E-state index in [-0.39, 0.29) is 0 Å². The summed E-state index contributed by atoms with van der Waals surface area (Å²) in [7, 11) is 2.03. The summed E-state index contributed by atoms with van der Waals surface area (Å²) in [6, 6.07) is 0.475. The topological polar surface area (TPSA) is 53.3 Å². The number of anilines is 1. The molecule has 1 aromatic heterocycles. The molecule has 5 heteroatoms. The van der Waals surface area contributed by atoms with Crippen molar-refractivity contribution in [1.29, 1.82) is 0 Å². The minimum Gasteiger partial charge on any atom is -0.396 e. The van der Waals surface area contributed by atoms with Crippen molar-refractivity contribution in [3.05, 3.63) is 11.3 Å². The number of nitrogens with one attached hydrogen (secondary N) is 1. The summed E-state index contributed by atoms with van der Waals surface area (Å²) in [6.45, 7) is 9.68. The van der Waals surface area contributed by atoms with Gasteiger partial charge in [-0.3, -0.25) is 4.68 Å². The van der Waals surface area contributed by atoms with E-state index in [1.165, 1.54) is 17.8 Å². The normalized spacial score (nSPS) is 19.3. The number of nitrogens with zero attached hydrogens (tertiary/aromatic N) is 3. The van der Waals surface area contributed by atoms with E-state index < -0.39 is 0 Å². The first-order valence-electron chi connectivity index (χ1n) is 7.64. The van der Waals surface area contributed by atoms with E-state index in [0.717, 1.165) is 31.7 Å². The first kappa shape index (κ1) is 15.3. The second-order valence-electron chi connectivity index (χ2n) is 6.16. The van der Waals surface area contributed by atoms with Gasteiger partial charge in [-0.2, -0.15) is 5.10 Å². The average Bonchev–Trinajstić information content (AvgIpc) is 2.92. The summed E-state index contributed by atoms with van der Waals surface area (Å²) >= 11 is 0. The van der Waals surface area contributed by atoms with Gasteiger partial charge in [0.2, 0.25) is 0 Å². The molecule has 0 saturated carbocycles. The highest BCUT2D eigenvalue weighted by Crippen LogP contribution is 2.29. The minimum absolute atomic E-state index is 0.296. The maximum atomic E-state index is 9.10. The Bertz CT molecular complexity index is 441. The largest absolute Gasteiger partial charge is 0.396 e. The highest BCUT2D eigenvalue weighted by Gasteiger charge is 2.27. The Morgan fingerprint density at radius 1 is 1.45 bits per heavy atom. The molecular formula is C15H28N4O. The Hall–Kier alpha value is -1.07. The van der Waals surface area contributed by atoms with Crippen LogP contribution in [-0.4, -0.2) is 40.6 Å². The predicted octanol–water partition coefficient (Wildman–Crippen LogP) is 1.44. The van der Waals surface area contributed by atoms with Crippen LogP contribution in [-0.2, 0) is 13.6 Å². The molecule has 2 heterocycles. The average molecular weight is 280 g/mol. The Labute approximate surface area is 122 Å². The van der Waals surface area contributed by atoms with Gasteiger partial charge in [0.1, 0.15) is 5.82 Å². The zero-order valence-electron chi connectivity index (χ0n) is 13.2. The number of hydrogen-bond acceptors (Lipinski definition) is 4. The Balaban J connectivity index is 2.14. The summed E-state index contributed by atoms with van der Waals surface area (Å²) in [5.41, 5.74) is 2.42. The summed E-state index contributed by atoms with van der Waals surface area (Å²) in [5, 5.41) is 17.2. The fourth-order valence-corrected chi connectivity index (χ4v) is 3.04. The van der Waals surface area contributed by atoms with Crippen LogP contribution >= 0.6 is 0 Å². The van der Waals surface area contributed by atoms with Gasteiger partial charge in [0, 0.05) is 44.9 Å². The predicted molar refractivity (Wildman–Crippen MR) is 81.9 cm³/mol. The molecule has 114 valence electrons. The molecule has 5 nitrogen and oxygen atoms in total. The summed E-state index contributed by atoms with van der Waals surface area (Å²) in [6.07, 6.45) is 2.08. The van der Waals surface area contributed by atoms with Crippen molar-refractivity contribution in [3.63, 3.8) is 0 Å².